The van der Waals surface area contributed by atoms with Crippen molar-refractivity contribution in [3.8, 4) is 11.5 Å². The van der Waals surface area contributed by atoms with Crippen LogP contribution in [0.1, 0.15) is 10.5 Å². The lowest BCUT2D eigenvalue weighted by Gasteiger charge is -2.13. The molecule has 0 fully saturated rings. The van der Waals surface area contributed by atoms with E-state index < -0.39 is 0 Å². The van der Waals surface area contributed by atoms with Crippen LogP contribution in [0.3, 0.4) is 0 Å². The Balaban J connectivity index is 1.75. The highest BCUT2D eigenvalue weighted by atomic mass is 35.5. The number of methoxy groups -OCH3 is 2. The topological polar surface area (TPSA) is 85.4 Å². The van der Waals surface area contributed by atoms with E-state index in [2.05, 4.69) is 20.6 Å². The molecule has 0 unspecified atom stereocenters. The predicted molar refractivity (Wildman–Crippen MR) is 104 cm³/mol. The summed E-state index contributed by atoms with van der Waals surface area (Å²) in [6.45, 7) is 0. The first-order valence-electron chi connectivity index (χ1n) is 7.97. The molecule has 138 valence electrons. The molecular weight excluding hydrogens is 368 g/mol. The normalized spacial score (nSPS) is 10.2. The Morgan fingerprint density at radius 2 is 1.74 bits per heavy atom. The molecule has 0 aliphatic heterocycles. The van der Waals surface area contributed by atoms with E-state index in [1.165, 1.54) is 26.6 Å². The van der Waals surface area contributed by atoms with E-state index in [0.717, 1.165) is 0 Å². The summed E-state index contributed by atoms with van der Waals surface area (Å²) in [5.74, 6) is 1.11. The lowest BCUT2D eigenvalue weighted by atomic mass is 10.2. The summed E-state index contributed by atoms with van der Waals surface area (Å²) in [5, 5.41) is 6.26. The van der Waals surface area contributed by atoms with E-state index in [1.807, 2.05) is 18.2 Å². The van der Waals surface area contributed by atoms with Crippen molar-refractivity contribution in [1.82, 2.24) is 9.97 Å². The number of anilines is 3. The van der Waals surface area contributed by atoms with Crippen LogP contribution in [0.2, 0.25) is 5.02 Å². The maximum Gasteiger partial charge on any atom is 0.275 e. The molecule has 2 aromatic carbocycles. The van der Waals surface area contributed by atoms with Crippen LogP contribution in [-0.4, -0.2) is 30.1 Å². The van der Waals surface area contributed by atoms with Gasteiger partial charge < -0.3 is 20.1 Å². The zero-order valence-corrected chi connectivity index (χ0v) is 15.4. The molecule has 3 aromatic rings. The van der Waals surface area contributed by atoms with Crippen molar-refractivity contribution in [3.05, 3.63) is 65.6 Å². The minimum absolute atomic E-state index is 0.199. The van der Waals surface area contributed by atoms with Crippen LogP contribution in [0.5, 0.6) is 11.5 Å². The van der Waals surface area contributed by atoms with Crippen LogP contribution in [0.15, 0.2) is 54.9 Å². The second kappa shape index (κ2) is 8.37. The standard InChI is InChI=1S/C19H17ClN4O3/c1-26-16-9-14(17(27-2)8-13(16)20)24-18-11-21-15(10-22-18)19(25)23-12-6-4-3-5-7-12/h3-11H,1-2H3,(H,22,24)(H,23,25). The second-order valence-corrected chi connectivity index (χ2v) is 5.83. The molecule has 0 spiro atoms. The monoisotopic (exact) mass is 384 g/mol. The minimum atomic E-state index is -0.342. The average Bonchev–Trinajstić information content (AvgIpc) is 2.70. The van der Waals surface area contributed by atoms with E-state index in [0.29, 0.717) is 33.7 Å². The van der Waals surface area contributed by atoms with Gasteiger partial charge in [-0.3, -0.25) is 4.79 Å². The molecule has 0 radical (unpaired) electrons. The lowest BCUT2D eigenvalue weighted by Crippen LogP contribution is -2.14. The summed E-state index contributed by atoms with van der Waals surface area (Å²) in [6, 6.07) is 12.5. The Kier molecular flexibility index (Phi) is 5.73. The molecule has 1 amide bonds. The third kappa shape index (κ3) is 4.45. The van der Waals surface area contributed by atoms with Gasteiger partial charge in [-0.25, -0.2) is 9.97 Å². The number of nitrogens with one attached hydrogen (secondary N) is 2. The fourth-order valence-corrected chi connectivity index (χ4v) is 2.55. The van der Waals surface area contributed by atoms with Crippen molar-refractivity contribution in [2.45, 2.75) is 0 Å². The van der Waals surface area contributed by atoms with Gasteiger partial charge in [-0.2, -0.15) is 0 Å². The zero-order valence-electron chi connectivity index (χ0n) is 14.7. The number of carbonyl (C=O) groups excluding carboxylic acids is 1. The summed E-state index contributed by atoms with van der Waals surface area (Å²) in [4.78, 5) is 20.6. The third-order valence-corrected chi connectivity index (χ3v) is 3.95. The number of benzene rings is 2. The fourth-order valence-electron chi connectivity index (χ4n) is 2.32. The molecule has 0 saturated heterocycles. The highest BCUT2D eigenvalue weighted by Gasteiger charge is 2.12. The van der Waals surface area contributed by atoms with E-state index in [-0.39, 0.29) is 11.6 Å². The summed E-state index contributed by atoms with van der Waals surface area (Å²) in [6.07, 6.45) is 2.85. The Labute approximate surface area is 161 Å². The first kappa shape index (κ1) is 18.5. The summed E-state index contributed by atoms with van der Waals surface area (Å²) in [5.41, 5.74) is 1.49. The van der Waals surface area contributed by atoms with E-state index >= 15 is 0 Å². The van der Waals surface area contributed by atoms with Crippen LogP contribution in [-0.2, 0) is 0 Å². The molecule has 2 N–H and O–H groups in total. The largest absolute Gasteiger partial charge is 0.495 e. The molecule has 27 heavy (non-hydrogen) atoms. The van der Waals surface area contributed by atoms with Crippen LogP contribution in [0.25, 0.3) is 0 Å². The number of nitrogens with zero attached hydrogens (tertiary/aromatic N) is 2. The van der Waals surface area contributed by atoms with Crippen LogP contribution in [0, 0.1) is 0 Å². The third-order valence-electron chi connectivity index (χ3n) is 3.65. The molecule has 0 bridgehead atoms. The van der Waals surface area contributed by atoms with Gasteiger partial charge in [-0.1, -0.05) is 29.8 Å². The molecule has 7 nitrogen and oxygen atoms in total. The minimum Gasteiger partial charge on any atom is -0.495 e. The molecule has 3 rings (SSSR count). The highest BCUT2D eigenvalue weighted by molar-refractivity contribution is 6.32. The van der Waals surface area contributed by atoms with Gasteiger partial charge >= 0.3 is 0 Å². The zero-order chi connectivity index (χ0) is 19.2. The van der Waals surface area contributed by atoms with Crippen molar-refractivity contribution in [1.29, 1.82) is 0 Å². The van der Waals surface area contributed by atoms with E-state index in [1.54, 1.807) is 24.3 Å². The number of hydrogen-bond donors (Lipinski definition) is 2. The quantitative estimate of drug-likeness (QED) is 0.664. The number of para-hydroxylation sites is 1. The molecule has 8 heteroatoms. The maximum absolute atomic E-state index is 12.2. The van der Waals surface area contributed by atoms with Gasteiger partial charge in [0.1, 0.15) is 23.0 Å². The predicted octanol–water partition coefficient (Wildman–Crippen LogP) is 4.14. The van der Waals surface area contributed by atoms with Gasteiger partial charge in [0, 0.05) is 17.8 Å². The number of carbonyl (C=O) groups is 1. The number of ether oxygens (including phenoxy) is 2. The van der Waals surface area contributed by atoms with E-state index in [4.69, 9.17) is 21.1 Å². The van der Waals surface area contributed by atoms with Gasteiger partial charge in [0.05, 0.1) is 37.3 Å². The van der Waals surface area contributed by atoms with Gasteiger partial charge in [-0.15, -0.1) is 0 Å². The SMILES string of the molecule is COc1cc(Nc2cnc(C(=O)Nc3ccccc3)cn2)c(OC)cc1Cl. The number of hydrogen-bond acceptors (Lipinski definition) is 6. The summed E-state index contributed by atoms with van der Waals surface area (Å²) in [7, 11) is 3.06. The Morgan fingerprint density at radius 1 is 1.00 bits per heavy atom. The van der Waals surface area contributed by atoms with Gasteiger partial charge in [0.2, 0.25) is 0 Å². The van der Waals surface area contributed by atoms with Gasteiger partial charge in [0.15, 0.2) is 0 Å². The van der Waals surface area contributed by atoms with Crippen molar-refractivity contribution in [2.24, 2.45) is 0 Å². The van der Waals surface area contributed by atoms with Crippen LogP contribution < -0.4 is 20.1 Å². The highest BCUT2D eigenvalue weighted by Crippen LogP contribution is 2.36. The Morgan fingerprint density at radius 3 is 2.37 bits per heavy atom. The molecule has 0 aliphatic rings. The maximum atomic E-state index is 12.2. The van der Waals surface area contributed by atoms with Crippen molar-refractivity contribution in [3.63, 3.8) is 0 Å². The molecule has 1 heterocycles. The fraction of sp³-hybridized carbons (Fsp3) is 0.105. The van der Waals surface area contributed by atoms with E-state index in [9.17, 15) is 4.79 Å². The van der Waals surface area contributed by atoms with Crippen LogP contribution >= 0.6 is 11.6 Å². The van der Waals surface area contributed by atoms with Crippen molar-refractivity contribution in [2.75, 3.05) is 24.9 Å². The smallest absolute Gasteiger partial charge is 0.275 e. The van der Waals surface area contributed by atoms with Gasteiger partial charge in [0.25, 0.3) is 5.91 Å². The molecular formula is C19H17ClN4O3. The van der Waals surface area contributed by atoms with Crippen molar-refractivity contribution < 1.29 is 14.3 Å². The van der Waals surface area contributed by atoms with Crippen molar-refractivity contribution >= 4 is 34.7 Å². The molecule has 0 saturated carbocycles. The Bertz CT molecular complexity index is 934. The number of aromatic nitrogens is 2. The lowest BCUT2D eigenvalue weighted by molar-refractivity contribution is 0.102. The summed E-state index contributed by atoms with van der Waals surface area (Å²) >= 11 is 6.10. The molecule has 1 aromatic heterocycles. The molecule has 0 aliphatic carbocycles. The average molecular weight is 385 g/mol. The number of halogens is 1. The first-order valence-corrected chi connectivity index (χ1v) is 8.35. The number of rotatable bonds is 6. The second-order valence-electron chi connectivity index (χ2n) is 5.42. The first-order chi connectivity index (χ1) is 13.1. The summed E-state index contributed by atoms with van der Waals surface area (Å²) < 4.78 is 10.5. The van der Waals surface area contributed by atoms with Crippen LogP contribution in [0.4, 0.5) is 17.2 Å². The Hall–Kier alpha value is -3.32. The number of amides is 1. The van der Waals surface area contributed by atoms with Gasteiger partial charge in [-0.05, 0) is 12.1 Å². The molecule has 0 atom stereocenters.